The molecule has 3 rings (SSSR count). The molecule has 1 saturated heterocycles. The molecule has 6 N–H and O–H groups in total. The summed E-state index contributed by atoms with van der Waals surface area (Å²) in [6.45, 7) is 4.03. The molecule has 2 heterocycles. The third-order valence-corrected chi connectivity index (χ3v) is 7.25. The van der Waals surface area contributed by atoms with E-state index >= 15 is 0 Å². The molecule has 5 atom stereocenters. The van der Waals surface area contributed by atoms with E-state index < -0.39 is 42.0 Å². The Morgan fingerprint density at radius 2 is 1.82 bits per heavy atom. The molecule has 2 aromatic rings. The van der Waals surface area contributed by atoms with Crippen LogP contribution in [-0.4, -0.2) is 86.5 Å². The summed E-state index contributed by atoms with van der Waals surface area (Å²) < 4.78 is 0. The monoisotopic (exact) mass is 542 g/mol. The maximum Gasteiger partial charge on any atom is 0.326 e. The molecule has 12 heteroatoms. The first-order valence-electron chi connectivity index (χ1n) is 13.2. The topological polar surface area (TPSA) is 177 Å². The Labute approximate surface area is 227 Å². The van der Waals surface area contributed by atoms with Crippen molar-refractivity contribution in [3.05, 3.63) is 48.0 Å². The van der Waals surface area contributed by atoms with Gasteiger partial charge in [-0.15, -0.1) is 0 Å². The Bertz CT molecular complexity index is 1120. The summed E-state index contributed by atoms with van der Waals surface area (Å²) in [4.78, 5) is 60.2. The van der Waals surface area contributed by atoms with Crippen molar-refractivity contribution < 1.29 is 29.4 Å². The number of H-pyrrole nitrogens is 1. The van der Waals surface area contributed by atoms with Crippen molar-refractivity contribution in [2.45, 2.75) is 70.1 Å². The fourth-order valence-corrected chi connectivity index (χ4v) is 4.71. The smallest absolute Gasteiger partial charge is 0.326 e. The van der Waals surface area contributed by atoms with Gasteiger partial charge in [0.1, 0.15) is 23.9 Å². The Balaban J connectivity index is 1.77. The molecule has 0 bridgehead atoms. The highest BCUT2D eigenvalue weighted by atomic mass is 16.4. The first-order chi connectivity index (χ1) is 18.6. The fraction of sp³-hybridized carbons (Fsp3) is 0.519. The number of imidazole rings is 1. The van der Waals surface area contributed by atoms with Crippen LogP contribution < -0.4 is 16.0 Å². The Hall–Kier alpha value is -3.93. The second kappa shape index (κ2) is 13.7. The number of carboxylic acids is 1. The van der Waals surface area contributed by atoms with E-state index in [1.165, 1.54) is 11.2 Å². The third kappa shape index (κ3) is 7.79. The zero-order valence-electron chi connectivity index (χ0n) is 22.5. The van der Waals surface area contributed by atoms with Gasteiger partial charge >= 0.3 is 5.97 Å². The van der Waals surface area contributed by atoms with Crippen LogP contribution in [0.3, 0.4) is 0 Å². The van der Waals surface area contributed by atoms with E-state index in [-0.39, 0.29) is 30.5 Å². The van der Waals surface area contributed by atoms with Crippen LogP contribution in [0.1, 0.15) is 44.4 Å². The zero-order chi connectivity index (χ0) is 28.5. The van der Waals surface area contributed by atoms with Crippen LogP contribution in [-0.2, 0) is 32.0 Å². The Kier molecular flexibility index (Phi) is 10.4. The number of aliphatic carboxylic acids is 1. The van der Waals surface area contributed by atoms with Gasteiger partial charge < -0.3 is 36.0 Å². The molecular formula is C27H38N6O6. The number of carbonyl (C=O) groups excluding carboxylic acids is 3. The van der Waals surface area contributed by atoms with Gasteiger partial charge in [-0.25, -0.2) is 9.78 Å². The predicted molar refractivity (Wildman–Crippen MR) is 143 cm³/mol. The maximum absolute atomic E-state index is 13.6. The highest BCUT2D eigenvalue weighted by Gasteiger charge is 2.39. The summed E-state index contributed by atoms with van der Waals surface area (Å²) in [5.41, 5.74) is 1.43. The Morgan fingerprint density at radius 3 is 2.41 bits per heavy atom. The third-order valence-electron chi connectivity index (χ3n) is 7.25. The molecule has 5 unspecified atom stereocenters. The van der Waals surface area contributed by atoms with E-state index in [0.717, 1.165) is 5.56 Å². The minimum Gasteiger partial charge on any atom is -0.508 e. The second-order valence-electron chi connectivity index (χ2n) is 9.95. The standard InChI is InChI=1S/C27H38N6O6/c1-4-16(2)23(32-24(35)20(28-3)12-17-7-9-19(34)10-8-17)25(36)31-21(13-18-14-29-15-30-18)26(37)33-11-5-6-22(33)27(38)39/h7-10,14-16,20-23,28,34H,4-6,11-13H2,1-3H3,(H,29,30)(H,31,36)(H,32,35)(H,38,39). The number of hydrogen-bond acceptors (Lipinski definition) is 7. The lowest BCUT2D eigenvalue weighted by Crippen LogP contribution is -2.59. The van der Waals surface area contributed by atoms with E-state index in [0.29, 0.717) is 31.4 Å². The average molecular weight is 543 g/mol. The lowest BCUT2D eigenvalue weighted by molar-refractivity contribution is -0.149. The van der Waals surface area contributed by atoms with Gasteiger partial charge in [-0.1, -0.05) is 32.4 Å². The highest BCUT2D eigenvalue weighted by Crippen LogP contribution is 2.20. The molecule has 39 heavy (non-hydrogen) atoms. The van der Waals surface area contributed by atoms with Crippen LogP contribution >= 0.6 is 0 Å². The number of likely N-dealkylation sites (tertiary alicyclic amines) is 1. The van der Waals surface area contributed by atoms with Crippen molar-refractivity contribution in [3.63, 3.8) is 0 Å². The molecule has 1 aromatic heterocycles. The fourth-order valence-electron chi connectivity index (χ4n) is 4.71. The summed E-state index contributed by atoms with van der Waals surface area (Å²) in [6, 6.07) is 2.98. The van der Waals surface area contributed by atoms with E-state index in [2.05, 4.69) is 25.9 Å². The SMILES string of the molecule is CCC(C)C(NC(=O)C(Cc1ccc(O)cc1)NC)C(=O)NC(Cc1cnc[nH]1)C(=O)N1CCCC1C(=O)O. The van der Waals surface area contributed by atoms with E-state index in [4.69, 9.17) is 0 Å². The average Bonchev–Trinajstić information content (AvgIpc) is 3.62. The molecule has 0 saturated carbocycles. The number of aromatic amines is 1. The number of amides is 3. The van der Waals surface area contributed by atoms with Gasteiger partial charge in [-0.3, -0.25) is 14.4 Å². The summed E-state index contributed by atoms with van der Waals surface area (Å²) >= 11 is 0. The number of likely N-dealkylation sites (N-methyl/N-ethyl adjacent to an activating group) is 1. The molecule has 0 spiro atoms. The van der Waals surface area contributed by atoms with Crippen LogP contribution in [0, 0.1) is 5.92 Å². The van der Waals surface area contributed by atoms with Crippen molar-refractivity contribution in [3.8, 4) is 5.75 Å². The first kappa shape index (κ1) is 29.6. The quantitative estimate of drug-likeness (QED) is 0.213. The number of phenols is 1. The molecule has 1 fully saturated rings. The highest BCUT2D eigenvalue weighted by molar-refractivity contribution is 5.94. The molecule has 1 aliphatic rings. The molecule has 1 aliphatic heterocycles. The molecule has 0 aliphatic carbocycles. The van der Waals surface area contributed by atoms with Gasteiger partial charge in [0.2, 0.25) is 17.7 Å². The number of rotatable bonds is 13. The van der Waals surface area contributed by atoms with Gasteiger partial charge in [-0.2, -0.15) is 0 Å². The van der Waals surface area contributed by atoms with Crippen molar-refractivity contribution in [1.82, 2.24) is 30.8 Å². The lowest BCUT2D eigenvalue weighted by Gasteiger charge is -2.30. The van der Waals surface area contributed by atoms with Gasteiger partial charge in [0.15, 0.2) is 0 Å². The molecule has 212 valence electrons. The van der Waals surface area contributed by atoms with Crippen LogP contribution in [0.25, 0.3) is 0 Å². The Morgan fingerprint density at radius 1 is 1.10 bits per heavy atom. The summed E-state index contributed by atoms with van der Waals surface area (Å²) in [6.07, 6.45) is 4.93. The number of nitrogens with one attached hydrogen (secondary N) is 4. The van der Waals surface area contributed by atoms with Crippen molar-refractivity contribution in [1.29, 1.82) is 0 Å². The lowest BCUT2D eigenvalue weighted by atomic mass is 9.96. The number of aromatic nitrogens is 2. The van der Waals surface area contributed by atoms with Crippen LogP contribution in [0.4, 0.5) is 0 Å². The van der Waals surface area contributed by atoms with Gasteiger partial charge in [0, 0.05) is 24.9 Å². The molecule has 1 aromatic carbocycles. The molecule has 0 radical (unpaired) electrons. The molecule has 12 nitrogen and oxygen atoms in total. The first-order valence-corrected chi connectivity index (χ1v) is 13.2. The van der Waals surface area contributed by atoms with Crippen LogP contribution in [0.15, 0.2) is 36.8 Å². The van der Waals surface area contributed by atoms with Gasteiger partial charge in [0.25, 0.3) is 0 Å². The number of carboxylic acid groups (broad SMARTS) is 1. The molecule has 3 amide bonds. The number of aromatic hydroxyl groups is 1. The maximum atomic E-state index is 13.6. The predicted octanol–water partition coefficient (Wildman–Crippen LogP) is 0.580. The van der Waals surface area contributed by atoms with E-state index in [1.807, 2.05) is 13.8 Å². The van der Waals surface area contributed by atoms with E-state index in [9.17, 15) is 29.4 Å². The number of hydrogen-bond donors (Lipinski definition) is 6. The van der Waals surface area contributed by atoms with Crippen LogP contribution in [0.2, 0.25) is 0 Å². The summed E-state index contributed by atoms with van der Waals surface area (Å²) in [5, 5.41) is 27.7. The van der Waals surface area contributed by atoms with Crippen LogP contribution in [0.5, 0.6) is 5.75 Å². The second-order valence-corrected chi connectivity index (χ2v) is 9.95. The minimum absolute atomic E-state index is 0.0918. The van der Waals surface area contributed by atoms with Gasteiger partial charge in [0.05, 0.1) is 12.4 Å². The normalized spacial score (nSPS) is 18.1. The summed E-state index contributed by atoms with van der Waals surface area (Å²) in [7, 11) is 1.65. The van der Waals surface area contributed by atoms with Crippen molar-refractivity contribution in [2.75, 3.05) is 13.6 Å². The minimum atomic E-state index is -1.08. The summed E-state index contributed by atoms with van der Waals surface area (Å²) in [5.74, 6) is -2.60. The number of benzene rings is 1. The number of phenolic OH excluding ortho intramolecular Hbond substituents is 1. The van der Waals surface area contributed by atoms with Gasteiger partial charge in [-0.05, 0) is 49.9 Å². The van der Waals surface area contributed by atoms with Crippen molar-refractivity contribution >= 4 is 23.7 Å². The number of nitrogens with zero attached hydrogens (tertiary/aromatic N) is 2. The largest absolute Gasteiger partial charge is 0.508 e. The molecular weight excluding hydrogens is 504 g/mol. The number of carbonyl (C=O) groups is 4. The van der Waals surface area contributed by atoms with Crippen molar-refractivity contribution in [2.24, 2.45) is 5.92 Å². The zero-order valence-corrected chi connectivity index (χ0v) is 22.5. The van der Waals surface area contributed by atoms with E-state index in [1.54, 1.807) is 37.5 Å².